The number of aromatic nitrogens is 1. The van der Waals surface area contributed by atoms with Gasteiger partial charge in [-0.3, -0.25) is 10.1 Å². The molecule has 0 saturated heterocycles. The monoisotopic (exact) mass is 568 g/mol. The van der Waals surface area contributed by atoms with E-state index in [0.29, 0.717) is 23.5 Å². The van der Waals surface area contributed by atoms with Gasteiger partial charge in [0, 0.05) is 6.20 Å². The Morgan fingerprint density at radius 3 is 2.21 bits per heavy atom. The molecule has 3 aromatic rings. The van der Waals surface area contributed by atoms with Gasteiger partial charge in [0.25, 0.3) is 5.91 Å². The zero-order chi connectivity index (χ0) is 27.4. The first-order valence-corrected chi connectivity index (χ1v) is 15.8. The number of aromatic carboxylic acids is 1. The number of hydrogen-bond acceptors (Lipinski definition) is 7. The Morgan fingerprint density at radius 1 is 0.923 bits per heavy atom. The molecule has 39 heavy (non-hydrogen) atoms. The van der Waals surface area contributed by atoms with Gasteiger partial charge in [0.15, 0.2) is 21.1 Å². The molecule has 1 heterocycles. The number of ether oxygens (including phenoxy) is 1. The number of benzene rings is 2. The van der Waals surface area contributed by atoms with Gasteiger partial charge in [-0.15, -0.1) is 0 Å². The van der Waals surface area contributed by atoms with Crippen LogP contribution in [0.2, 0.25) is 0 Å². The average Bonchev–Trinajstić information content (AvgIpc) is 3.65. The molecule has 5 rings (SSSR count). The van der Waals surface area contributed by atoms with Crippen LogP contribution >= 0.6 is 11.3 Å². The lowest BCUT2D eigenvalue weighted by molar-refractivity contribution is -0.131. The predicted molar refractivity (Wildman–Crippen MR) is 150 cm³/mol. The second kappa shape index (κ2) is 12.0. The Kier molecular flexibility index (Phi) is 8.44. The van der Waals surface area contributed by atoms with Crippen LogP contribution in [0.3, 0.4) is 0 Å². The SMILES string of the molecule is O=C(O)c1ccc(-c2cnc(NC(=O)C(OC3CCCC3)c3ccc(S(=O)(=O)C4CCCCC4)cc3)s2)cc1. The number of sulfone groups is 1. The Hall–Kier alpha value is -3.08. The van der Waals surface area contributed by atoms with Crippen LogP contribution in [0.15, 0.2) is 59.6 Å². The molecule has 2 saturated carbocycles. The van der Waals surface area contributed by atoms with Crippen molar-refractivity contribution >= 4 is 38.2 Å². The van der Waals surface area contributed by atoms with E-state index in [-0.39, 0.29) is 27.7 Å². The van der Waals surface area contributed by atoms with Gasteiger partial charge >= 0.3 is 5.97 Å². The van der Waals surface area contributed by atoms with E-state index in [1.165, 1.54) is 23.5 Å². The number of thiazole rings is 1. The van der Waals surface area contributed by atoms with Crippen LogP contribution < -0.4 is 5.32 Å². The van der Waals surface area contributed by atoms with Crippen LogP contribution in [0.25, 0.3) is 10.4 Å². The summed E-state index contributed by atoms with van der Waals surface area (Å²) < 4.78 is 32.6. The van der Waals surface area contributed by atoms with Crippen molar-refractivity contribution in [2.45, 2.75) is 80.1 Å². The molecule has 1 unspecified atom stereocenters. The summed E-state index contributed by atoms with van der Waals surface area (Å²) in [5, 5.41) is 12.0. The van der Waals surface area contributed by atoms with Crippen LogP contribution in [-0.4, -0.2) is 41.7 Å². The fraction of sp³-hybridized carbons (Fsp3) is 0.414. The number of amides is 1. The molecule has 2 aromatic carbocycles. The minimum absolute atomic E-state index is 0.0361. The molecule has 2 aliphatic carbocycles. The van der Waals surface area contributed by atoms with Gasteiger partial charge in [0.05, 0.1) is 26.7 Å². The standard InChI is InChI=1S/C29H32N2O6S2/c32-27(31-29-30-18-25(38-29)19-10-12-21(13-11-19)28(33)34)26(37-22-6-4-5-7-22)20-14-16-24(17-15-20)39(35,36)23-8-2-1-3-9-23/h10-18,22-23,26H,1-9H2,(H,33,34)(H,30,31,32). The second-order valence-corrected chi connectivity index (χ2v) is 13.5. The number of nitrogens with zero attached hydrogens (tertiary/aromatic N) is 1. The van der Waals surface area contributed by atoms with Gasteiger partial charge in [0.2, 0.25) is 0 Å². The number of carbonyl (C=O) groups is 2. The maximum Gasteiger partial charge on any atom is 0.335 e. The molecule has 10 heteroatoms. The smallest absolute Gasteiger partial charge is 0.335 e. The minimum Gasteiger partial charge on any atom is -0.478 e. The number of anilines is 1. The van der Waals surface area contributed by atoms with Crippen molar-refractivity contribution < 1.29 is 27.9 Å². The fourth-order valence-corrected chi connectivity index (χ4v) is 8.00. The lowest BCUT2D eigenvalue weighted by Gasteiger charge is -2.23. The van der Waals surface area contributed by atoms with Gasteiger partial charge in [-0.1, -0.05) is 67.7 Å². The first-order chi connectivity index (χ1) is 18.8. The number of carbonyl (C=O) groups excluding carboxylic acids is 1. The topological polar surface area (TPSA) is 123 Å². The summed E-state index contributed by atoms with van der Waals surface area (Å²) in [6, 6.07) is 13.0. The first-order valence-electron chi connectivity index (χ1n) is 13.4. The van der Waals surface area contributed by atoms with E-state index in [1.54, 1.807) is 42.6 Å². The number of hydrogen-bond donors (Lipinski definition) is 2. The minimum atomic E-state index is -3.41. The van der Waals surface area contributed by atoms with E-state index < -0.39 is 21.9 Å². The highest BCUT2D eigenvalue weighted by Crippen LogP contribution is 2.34. The lowest BCUT2D eigenvalue weighted by atomic mass is 10.0. The Bertz CT molecular complexity index is 1400. The average molecular weight is 569 g/mol. The van der Waals surface area contributed by atoms with Gasteiger partial charge in [-0.05, 0) is 61.1 Å². The fourth-order valence-electron chi connectivity index (χ4n) is 5.32. The van der Waals surface area contributed by atoms with Crippen molar-refractivity contribution in [3.8, 4) is 10.4 Å². The highest BCUT2D eigenvalue weighted by Gasteiger charge is 2.31. The van der Waals surface area contributed by atoms with Crippen molar-refractivity contribution in [3.63, 3.8) is 0 Å². The van der Waals surface area contributed by atoms with Gasteiger partial charge in [-0.25, -0.2) is 18.2 Å². The number of carboxylic acids is 1. The molecule has 1 amide bonds. The molecular weight excluding hydrogens is 536 g/mol. The Labute approximate surface area is 232 Å². The normalized spacial score (nSPS) is 17.6. The summed E-state index contributed by atoms with van der Waals surface area (Å²) in [5.41, 5.74) is 1.59. The number of rotatable bonds is 9. The molecule has 2 N–H and O–H groups in total. The van der Waals surface area contributed by atoms with Crippen molar-refractivity contribution in [2.24, 2.45) is 0 Å². The first kappa shape index (κ1) is 27.5. The third kappa shape index (κ3) is 6.40. The highest BCUT2D eigenvalue weighted by molar-refractivity contribution is 7.92. The van der Waals surface area contributed by atoms with Gasteiger partial charge in [-0.2, -0.15) is 0 Å². The molecule has 2 fully saturated rings. The zero-order valence-electron chi connectivity index (χ0n) is 21.5. The second-order valence-electron chi connectivity index (χ2n) is 10.2. The molecule has 0 radical (unpaired) electrons. The van der Waals surface area contributed by atoms with E-state index in [0.717, 1.165) is 55.4 Å². The van der Waals surface area contributed by atoms with Crippen LogP contribution in [0.1, 0.15) is 79.8 Å². The Balaban J connectivity index is 1.33. The maximum absolute atomic E-state index is 13.4. The van der Waals surface area contributed by atoms with Crippen LogP contribution in [0.4, 0.5) is 5.13 Å². The van der Waals surface area contributed by atoms with E-state index in [9.17, 15) is 18.0 Å². The zero-order valence-corrected chi connectivity index (χ0v) is 23.2. The maximum atomic E-state index is 13.4. The molecule has 206 valence electrons. The molecule has 0 aliphatic heterocycles. The molecule has 1 atom stereocenters. The summed E-state index contributed by atoms with van der Waals surface area (Å²) in [5.74, 6) is -1.36. The van der Waals surface area contributed by atoms with E-state index in [4.69, 9.17) is 9.84 Å². The molecule has 1 aromatic heterocycles. The molecule has 0 spiro atoms. The molecule has 8 nitrogen and oxygen atoms in total. The summed E-state index contributed by atoms with van der Waals surface area (Å²) in [6.07, 6.45) is 8.90. The molecule has 2 aliphatic rings. The van der Waals surface area contributed by atoms with E-state index in [1.807, 2.05) is 0 Å². The van der Waals surface area contributed by atoms with Crippen LogP contribution in [0, 0.1) is 0 Å². The van der Waals surface area contributed by atoms with Crippen LogP contribution in [-0.2, 0) is 19.4 Å². The third-order valence-corrected chi connectivity index (χ3v) is 10.8. The van der Waals surface area contributed by atoms with Gasteiger partial charge in [0.1, 0.15) is 0 Å². The van der Waals surface area contributed by atoms with E-state index >= 15 is 0 Å². The van der Waals surface area contributed by atoms with Crippen molar-refractivity contribution in [3.05, 3.63) is 65.9 Å². The van der Waals surface area contributed by atoms with Crippen molar-refractivity contribution in [1.82, 2.24) is 4.98 Å². The van der Waals surface area contributed by atoms with E-state index in [2.05, 4.69) is 10.3 Å². The van der Waals surface area contributed by atoms with Crippen LogP contribution in [0.5, 0.6) is 0 Å². The van der Waals surface area contributed by atoms with Gasteiger partial charge < -0.3 is 9.84 Å². The predicted octanol–water partition coefficient (Wildman–Crippen LogP) is 6.25. The number of carboxylic acid groups (broad SMARTS) is 1. The summed E-state index contributed by atoms with van der Waals surface area (Å²) in [6.45, 7) is 0. The largest absolute Gasteiger partial charge is 0.478 e. The summed E-state index contributed by atoms with van der Waals surface area (Å²) in [7, 11) is -3.41. The molecular formula is C29H32N2O6S2. The van der Waals surface area contributed by atoms with Crippen molar-refractivity contribution in [2.75, 3.05) is 5.32 Å². The summed E-state index contributed by atoms with van der Waals surface area (Å²) in [4.78, 5) is 30.0. The van der Waals surface area contributed by atoms with Crippen molar-refractivity contribution in [1.29, 1.82) is 0 Å². The summed E-state index contributed by atoms with van der Waals surface area (Å²) >= 11 is 1.28. The number of nitrogens with one attached hydrogen (secondary N) is 1. The lowest BCUT2D eigenvalue weighted by Crippen LogP contribution is -2.27. The highest BCUT2D eigenvalue weighted by atomic mass is 32.2. The quantitative estimate of drug-likeness (QED) is 0.313. The Morgan fingerprint density at radius 2 is 1.56 bits per heavy atom. The third-order valence-electron chi connectivity index (χ3n) is 7.52. The molecule has 0 bridgehead atoms.